The predicted molar refractivity (Wildman–Crippen MR) is 64.7 cm³/mol. The van der Waals surface area contributed by atoms with E-state index in [1.54, 1.807) is 38.4 Å². The van der Waals surface area contributed by atoms with Crippen LogP contribution in [-0.4, -0.2) is 30.1 Å². The fourth-order valence-corrected chi connectivity index (χ4v) is 1.22. The number of phenolic OH excluding ortho intramolecular Hbond substituents is 1. The largest absolute Gasteiger partial charge is 0.508 e. The summed E-state index contributed by atoms with van der Waals surface area (Å²) >= 11 is 0. The highest BCUT2D eigenvalue weighted by atomic mass is 16.3. The van der Waals surface area contributed by atoms with E-state index in [2.05, 4.69) is 11.9 Å². The molecular weight excluding hydrogens is 204 g/mol. The molecule has 16 heavy (non-hydrogen) atoms. The van der Waals surface area contributed by atoms with Gasteiger partial charge in [0.15, 0.2) is 0 Å². The van der Waals surface area contributed by atoms with Crippen LogP contribution in [0.2, 0.25) is 0 Å². The van der Waals surface area contributed by atoms with Gasteiger partial charge in [0.25, 0.3) is 0 Å². The van der Waals surface area contributed by atoms with E-state index in [1.165, 1.54) is 4.90 Å². The van der Waals surface area contributed by atoms with E-state index in [-0.39, 0.29) is 11.8 Å². The minimum atomic E-state index is -0.199. The Labute approximate surface area is 95.2 Å². The summed E-state index contributed by atoms with van der Waals surface area (Å²) in [6, 6.07) is 4.75. The minimum absolute atomic E-state index is 0.199. The van der Waals surface area contributed by atoms with Crippen molar-refractivity contribution < 1.29 is 9.90 Å². The summed E-state index contributed by atoms with van der Waals surface area (Å²) in [6.45, 7) is 3.61. The normalized spacial score (nSPS) is 9.62. The maximum atomic E-state index is 11.4. The van der Waals surface area contributed by atoms with Gasteiger partial charge in [-0.2, -0.15) is 0 Å². The van der Waals surface area contributed by atoms with Gasteiger partial charge >= 0.3 is 6.03 Å². The van der Waals surface area contributed by atoms with Crippen molar-refractivity contribution in [3.05, 3.63) is 36.4 Å². The standard InChI is InChI=1S/C12H16N2O2/c1-4-5-9-8-10(6-7-11(9)15)13-12(16)14(2)3/h4,6-8,15H,1,5H2,2-3H3,(H,13,16). The number of hydrogen-bond acceptors (Lipinski definition) is 2. The molecule has 0 aromatic heterocycles. The van der Waals surface area contributed by atoms with Gasteiger partial charge in [0, 0.05) is 19.8 Å². The number of rotatable bonds is 3. The van der Waals surface area contributed by atoms with Crippen LogP contribution in [0.3, 0.4) is 0 Å². The molecule has 0 saturated heterocycles. The lowest BCUT2D eigenvalue weighted by Crippen LogP contribution is -2.27. The van der Waals surface area contributed by atoms with Crippen LogP contribution in [0.1, 0.15) is 5.56 Å². The number of anilines is 1. The number of allylic oxidation sites excluding steroid dienone is 1. The van der Waals surface area contributed by atoms with Gasteiger partial charge in [0.2, 0.25) is 0 Å². The van der Waals surface area contributed by atoms with Gasteiger partial charge in [0.1, 0.15) is 5.75 Å². The van der Waals surface area contributed by atoms with Crippen molar-refractivity contribution >= 4 is 11.7 Å². The fourth-order valence-electron chi connectivity index (χ4n) is 1.22. The smallest absolute Gasteiger partial charge is 0.321 e. The summed E-state index contributed by atoms with van der Waals surface area (Å²) < 4.78 is 0. The quantitative estimate of drug-likeness (QED) is 0.606. The first kappa shape index (κ1) is 12.1. The summed E-state index contributed by atoms with van der Waals surface area (Å²) in [5.41, 5.74) is 1.40. The molecule has 0 spiro atoms. The molecule has 4 nitrogen and oxygen atoms in total. The van der Waals surface area contributed by atoms with Crippen LogP contribution < -0.4 is 5.32 Å². The fraction of sp³-hybridized carbons (Fsp3) is 0.250. The minimum Gasteiger partial charge on any atom is -0.508 e. The molecule has 0 aliphatic heterocycles. The van der Waals surface area contributed by atoms with Gasteiger partial charge in [-0.1, -0.05) is 6.08 Å². The molecule has 0 saturated carbocycles. The summed E-state index contributed by atoms with van der Waals surface area (Å²) in [7, 11) is 3.33. The zero-order chi connectivity index (χ0) is 12.1. The van der Waals surface area contributed by atoms with E-state index in [1.807, 2.05) is 0 Å². The average molecular weight is 220 g/mol. The maximum Gasteiger partial charge on any atom is 0.321 e. The molecule has 2 amide bonds. The number of hydrogen-bond donors (Lipinski definition) is 2. The molecule has 0 aliphatic carbocycles. The van der Waals surface area contributed by atoms with E-state index in [0.29, 0.717) is 12.1 Å². The summed E-state index contributed by atoms with van der Waals surface area (Å²) in [5.74, 6) is 0.211. The monoisotopic (exact) mass is 220 g/mol. The zero-order valence-corrected chi connectivity index (χ0v) is 9.53. The van der Waals surface area contributed by atoms with Crippen molar-refractivity contribution in [3.63, 3.8) is 0 Å². The summed E-state index contributed by atoms with van der Waals surface area (Å²) in [6.07, 6.45) is 2.27. The van der Waals surface area contributed by atoms with E-state index in [9.17, 15) is 9.90 Å². The van der Waals surface area contributed by atoms with Gasteiger partial charge in [-0.15, -0.1) is 6.58 Å². The SMILES string of the molecule is C=CCc1cc(NC(=O)N(C)C)ccc1O. The van der Waals surface area contributed by atoms with E-state index < -0.39 is 0 Å². The Kier molecular flexibility index (Phi) is 3.94. The Balaban J connectivity index is 2.86. The Morgan fingerprint density at radius 2 is 2.25 bits per heavy atom. The number of benzene rings is 1. The van der Waals surface area contributed by atoms with Gasteiger partial charge in [-0.3, -0.25) is 0 Å². The highest BCUT2D eigenvalue weighted by molar-refractivity contribution is 5.89. The van der Waals surface area contributed by atoms with Crippen LogP contribution in [0.15, 0.2) is 30.9 Å². The van der Waals surface area contributed by atoms with Crippen molar-refractivity contribution in [3.8, 4) is 5.75 Å². The molecule has 0 fully saturated rings. The lowest BCUT2D eigenvalue weighted by Gasteiger charge is -2.13. The summed E-state index contributed by atoms with van der Waals surface area (Å²) in [5, 5.41) is 12.2. The van der Waals surface area contributed by atoms with Crippen LogP contribution in [0.5, 0.6) is 5.75 Å². The molecule has 0 heterocycles. The van der Waals surface area contributed by atoms with E-state index in [0.717, 1.165) is 5.56 Å². The Bertz CT molecular complexity index is 400. The van der Waals surface area contributed by atoms with Crippen molar-refractivity contribution in [1.29, 1.82) is 0 Å². The van der Waals surface area contributed by atoms with Gasteiger partial charge in [-0.05, 0) is 30.2 Å². The third-order valence-electron chi connectivity index (χ3n) is 2.10. The van der Waals surface area contributed by atoms with Crippen molar-refractivity contribution in [2.75, 3.05) is 19.4 Å². The van der Waals surface area contributed by atoms with Crippen molar-refractivity contribution in [1.82, 2.24) is 4.90 Å². The lowest BCUT2D eigenvalue weighted by molar-refractivity contribution is 0.230. The first-order valence-corrected chi connectivity index (χ1v) is 4.95. The van der Waals surface area contributed by atoms with Crippen LogP contribution in [0.4, 0.5) is 10.5 Å². The molecule has 1 rings (SSSR count). The number of carbonyl (C=O) groups excluding carboxylic acids is 1. The highest BCUT2D eigenvalue weighted by Gasteiger charge is 2.06. The van der Waals surface area contributed by atoms with Crippen LogP contribution in [0, 0.1) is 0 Å². The van der Waals surface area contributed by atoms with E-state index in [4.69, 9.17) is 0 Å². The first-order valence-electron chi connectivity index (χ1n) is 4.95. The molecule has 1 aromatic carbocycles. The van der Waals surface area contributed by atoms with E-state index >= 15 is 0 Å². The molecule has 0 bridgehead atoms. The van der Waals surface area contributed by atoms with Crippen molar-refractivity contribution in [2.45, 2.75) is 6.42 Å². The Morgan fingerprint density at radius 1 is 1.56 bits per heavy atom. The highest BCUT2D eigenvalue weighted by Crippen LogP contribution is 2.22. The second-order valence-corrected chi connectivity index (χ2v) is 3.66. The number of amides is 2. The van der Waals surface area contributed by atoms with Gasteiger partial charge in [0.05, 0.1) is 0 Å². The second-order valence-electron chi connectivity index (χ2n) is 3.66. The molecule has 0 radical (unpaired) electrons. The Hall–Kier alpha value is -1.97. The summed E-state index contributed by atoms with van der Waals surface area (Å²) in [4.78, 5) is 12.8. The lowest BCUT2D eigenvalue weighted by atomic mass is 10.1. The number of nitrogens with one attached hydrogen (secondary N) is 1. The van der Waals surface area contributed by atoms with Crippen molar-refractivity contribution in [2.24, 2.45) is 0 Å². The number of carbonyl (C=O) groups is 1. The Morgan fingerprint density at radius 3 is 2.81 bits per heavy atom. The maximum absolute atomic E-state index is 11.4. The second kappa shape index (κ2) is 5.21. The molecule has 4 heteroatoms. The van der Waals surface area contributed by atoms with Crippen LogP contribution in [-0.2, 0) is 6.42 Å². The third kappa shape index (κ3) is 3.02. The molecule has 1 aromatic rings. The van der Waals surface area contributed by atoms with Gasteiger partial charge < -0.3 is 15.3 Å². The molecule has 0 aliphatic rings. The number of phenols is 1. The molecule has 86 valence electrons. The topological polar surface area (TPSA) is 52.6 Å². The molecule has 0 unspecified atom stereocenters. The molecule has 2 N–H and O–H groups in total. The average Bonchev–Trinajstić information content (AvgIpc) is 2.23. The number of urea groups is 1. The zero-order valence-electron chi connectivity index (χ0n) is 9.53. The predicted octanol–water partition coefficient (Wildman–Crippen LogP) is 2.21. The number of aromatic hydroxyl groups is 1. The third-order valence-corrected chi connectivity index (χ3v) is 2.10. The van der Waals surface area contributed by atoms with Gasteiger partial charge in [-0.25, -0.2) is 4.79 Å². The van der Waals surface area contributed by atoms with Crippen LogP contribution in [0.25, 0.3) is 0 Å². The molecular formula is C12H16N2O2. The first-order chi connectivity index (χ1) is 7.54. The molecule has 0 atom stereocenters. The van der Waals surface area contributed by atoms with Crippen LogP contribution >= 0.6 is 0 Å². The number of nitrogens with zero attached hydrogens (tertiary/aromatic N) is 1.